The van der Waals surface area contributed by atoms with Crippen LogP contribution in [0.1, 0.15) is 35.7 Å². The van der Waals surface area contributed by atoms with Gasteiger partial charge in [-0.1, -0.05) is 18.2 Å². The van der Waals surface area contributed by atoms with E-state index < -0.39 is 0 Å². The largest absolute Gasteiger partial charge is 0.444 e. The molecule has 0 radical (unpaired) electrons. The monoisotopic (exact) mass is 381 g/mol. The van der Waals surface area contributed by atoms with E-state index in [4.69, 9.17) is 4.74 Å². The normalized spacial score (nSPS) is 28.7. The summed E-state index contributed by atoms with van der Waals surface area (Å²) in [7, 11) is 0. The molecule has 2 unspecified atom stereocenters. The number of aromatic nitrogens is 1. The van der Waals surface area contributed by atoms with Crippen molar-refractivity contribution in [3.8, 4) is 0 Å². The number of hydrogen-bond donors (Lipinski definition) is 0. The molecule has 6 rings (SSSR count). The van der Waals surface area contributed by atoms with Gasteiger partial charge in [0.1, 0.15) is 18.0 Å². The van der Waals surface area contributed by atoms with E-state index >= 15 is 0 Å². The number of pyridine rings is 1. The van der Waals surface area contributed by atoms with Crippen molar-refractivity contribution < 1.29 is 13.9 Å². The number of carbonyl (C=O) groups is 1. The Balaban J connectivity index is 1.43. The zero-order chi connectivity index (χ0) is 19.1. The number of piperidine rings is 3. The molecular formula is C22H24FN3O2. The average molecular weight is 381 g/mol. The maximum absolute atomic E-state index is 13.5. The minimum absolute atomic E-state index is 0.0333. The molecule has 0 N–H and O–H groups in total. The van der Waals surface area contributed by atoms with Crippen molar-refractivity contribution in [3.05, 3.63) is 65.2 Å². The van der Waals surface area contributed by atoms with Gasteiger partial charge >= 0.3 is 6.09 Å². The number of nitrogens with zero attached hydrogens (tertiary/aromatic N) is 3. The summed E-state index contributed by atoms with van der Waals surface area (Å²) >= 11 is 0. The molecule has 1 aromatic carbocycles. The van der Waals surface area contributed by atoms with Crippen molar-refractivity contribution >= 4 is 6.09 Å². The molecule has 3 saturated heterocycles. The van der Waals surface area contributed by atoms with Gasteiger partial charge in [0.2, 0.25) is 0 Å². The van der Waals surface area contributed by atoms with Crippen molar-refractivity contribution in [2.45, 2.75) is 31.4 Å². The van der Waals surface area contributed by atoms with E-state index in [9.17, 15) is 9.18 Å². The van der Waals surface area contributed by atoms with Gasteiger partial charge in [-0.05, 0) is 67.6 Å². The number of fused-ring (bicyclic) bond motifs is 4. The minimum atomic E-state index is -0.348. The van der Waals surface area contributed by atoms with Crippen molar-refractivity contribution in [2.24, 2.45) is 5.92 Å². The molecule has 28 heavy (non-hydrogen) atoms. The first kappa shape index (κ1) is 17.6. The standard InChI is InChI=1S/C22H24FN3O2/c23-18-5-3-17(4-6-18)21-20-16(2-1-10-24-20)9-13-26(21)22(27)28-19-14-25-11-7-15(19)8-12-25/h1-6,10,15,19,21H,7-9,11-14H2. The van der Waals surface area contributed by atoms with Crippen LogP contribution >= 0.6 is 0 Å². The number of benzene rings is 1. The molecular weight excluding hydrogens is 357 g/mol. The van der Waals surface area contributed by atoms with E-state index in [-0.39, 0.29) is 24.1 Å². The number of halogens is 1. The Labute approximate surface area is 164 Å². The number of carbonyl (C=O) groups excluding carboxylic acids is 1. The van der Waals surface area contributed by atoms with Crippen molar-refractivity contribution in [2.75, 3.05) is 26.2 Å². The SMILES string of the molecule is O=C(OC1CN2CCC1CC2)N1CCc2cccnc2C1c1ccc(F)cc1. The maximum Gasteiger partial charge on any atom is 0.410 e. The molecule has 2 aromatic rings. The Hall–Kier alpha value is -2.47. The summed E-state index contributed by atoms with van der Waals surface area (Å²) in [5.41, 5.74) is 2.84. The average Bonchev–Trinajstić information content (AvgIpc) is 2.74. The van der Waals surface area contributed by atoms with E-state index in [0.717, 1.165) is 55.7 Å². The predicted molar refractivity (Wildman–Crippen MR) is 102 cm³/mol. The third kappa shape index (κ3) is 3.15. The lowest BCUT2D eigenvalue weighted by atomic mass is 9.86. The molecule has 4 aliphatic rings. The number of ether oxygens (including phenoxy) is 1. The molecule has 5 heterocycles. The summed E-state index contributed by atoms with van der Waals surface area (Å²) in [5, 5.41) is 0. The minimum Gasteiger partial charge on any atom is -0.444 e. The van der Waals surface area contributed by atoms with Gasteiger partial charge in [-0.3, -0.25) is 14.8 Å². The van der Waals surface area contributed by atoms with Crippen LogP contribution in [0.4, 0.5) is 9.18 Å². The van der Waals surface area contributed by atoms with Gasteiger partial charge < -0.3 is 4.74 Å². The van der Waals surface area contributed by atoms with Gasteiger partial charge in [0, 0.05) is 19.3 Å². The highest BCUT2D eigenvalue weighted by Gasteiger charge is 2.40. The summed E-state index contributed by atoms with van der Waals surface area (Å²) in [5.74, 6) is 0.177. The van der Waals surface area contributed by atoms with E-state index in [0.29, 0.717) is 12.5 Å². The molecule has 6 heteroatoms. The van der Waals surface area contributed by atoms with Crippen LogP contribution in [0.3, 0.4) is 0 Å². The third-order valence-corrected chi connectivity index (χ3v) is 6.39. The van der Waals surface area contributed by atoms with Crippen LogP contribution in [0.15, 0.2) is 42.6 Å². The zero-order valence-corrected chi connectivity index (χ0v) is 15.8. The van der Waals surface area contributed by atoms with Crippen LogP contribution in [0.5, 0.6) is 0 Å². The Kier molecular flexibility index (Phi) is 4.51. The molecule has 2 atom stereocenters. The van der Waals surface area contributed by atoms with Crippen LogP contribution < -0.4 is 0 Å². The molecule has 1 aromatic heterocycles. The van der Waals surface area contributed by atoms with Crippen LogP contribution in [-0.4, -0.2) is 53.2 Å². The van der Waals surface area contributed by atoms with Gasteiger partial charge in [0.15, 0.2) is 0 Å². The Morgan fingerprint density at radius 2 is 1.89 bits per heavy atom. The number of hydrogen-bond acceptors (Lipinski definition) is 4. The highest BCUT2D eigenvalue weighted by molar-refractivity contribution is 5.70. The maximum atomic E-state index is 13.5. The second kappa shape index (κ2) is 7.17. The van der Waals surface area contributed by atoms with Crippen LogP contribution in [0, 0.1) is 11.7 Å². The fourth-order valence-corrected chi connectivity index (χ4v) is 4.85. The van der Waals surface area contributed by atoms with Gasteiger partial charge in [-0.15, -0.1) is 0 Å². The molecule has 2 bridgehead atoms. The summed E-state index contributed by atoms with van der Waals surface area (Å²) in [6.45, 7) is 3.62. The topological polar surface area (TPSA) is 45.7 Å². The van der Waals surface area contributed by atoms with Gasteiger partial charge in [-0.25, -0.2) is 9.18 Å². The summed E-state index contributed by atoms with van der Waals surface area (Å²) < 4.78 is 19.5. The van der Waals surface area contributed by atoms with Crippen molar-refractivity contribution in [1.29, 1.82) is 0 Å². The lowest BCUT2D eigenvalue weighted by Crippen LogP contribution is -2.53. The van der Waals surface area contributed by atoms with E-state index in [2.05, 4.69) is 16.0 Å². The summed E-state index contributed by atoms with van der Waals surface area (Å²) in [6.07, 6.45) is 4.37. The van der Waals surface area contributed by atoms with E-state index in [1.165, 1.54) is 12.1 Å². The van der Waals surface area contributed by atoms with Gasteiger partial charge in [-0.2, -0.15) is 0 Å². The summed E-state index contributed by atoms with van der Waals surface area (Å²) in [6, 6.07) is 9.96. The Bertz CT molecular complexity index is 864. The quantitative estimate of drug-likeness (QED) is 0.800. The molecule has 5 nitrogen and oxygen atoms in total. The third-order valence-electron chi connectivity index (χ3n) is 6.39. The highest BCUT2D eigenvalue weighted by Crippen LogP contribution is 2.36. The van der Waals surface area contributed by atoms with Gasteiger partial charge in [0.05, 0.1) is 5.69 Å². The molecule has 1 amide bonds. The summed E-state index contributed by atoms with van der Waals surface area (Å²) in [4.78, 5) is 21.9. The molecule has 4 aliphatic heterocycles. The molecule has 0 aliphatic carbocycles. The van der Waals surface area contributed by atoms with Crippen molar-refractivity contribution in [1.82, 2.24) is 14.8 Å². The fraction of sp³-hybridized carbons (Fsp3) is 0.455. The zero-order valence-electron chi connectivity index (χ0n) is 15.8. The first-order chi connectivity index (χ1) is 13.7. The lowest BCUT2D eigenvalue weighted by molar-refractivity contribution is -0.0464. The van der Waals surface area contributed by atoms with Crippen LogP contribution in [0.2, 0.25) is 0 Å². The first-order valence-electron chi connectivity index (χ1n) is 10.1. The van der Waals surface area contributed by atoms with E-state index in [1.807, 2.05) is 6.07 Å². The smallest absolute Gasteiger partial charge is 0.410 e. The van der Waals surface area contributed by atoms with Crippen LogP contribution in [-0.2, 0) is 11.2 Å². The highest BCUT2D eigenvalue weighted by atomic mass is 19.1. The first-order valence-corrected chi connectivity index (χ1v) is 10.1. The Morgan fingerprint density at radius 1 is 1.11 bits per heavy atom. The molecule has 146 valence electrons. The van der Waals surface area contributed by atoms with E-state index in [1.54, 1.807) is 23.2 Å². The molecule has 0 spiro atoms. The molecule has 3 fully saturated rings. The number of rotatable bonds is 2. The Morgan fingerprint density at radius 3 is 2.61 bits per heavy atom. The molecule has 0 saturated carbocycles. The van der Waals surface area contributed by atoms with Gasteiger partial charge in [0.25, 0.3) is 0 Å². The second-order valence-electron chi connectivity index (χ2n) is 8.01. The van der Waals surface area contributed by atoms with Crippen molar-refractivity contribution in [3.63, 3.8) is 0 Å². The lowest BCUT2D eigenvalue weighted by Gasteiger charge is -2.45. The van der Waals surface area contributed by atoms with Crippen LogP contribution in [0.25, 0.3) is 0 Å². The fourth-order valence-electron chi connectivity index (χ4n) is 4.85. The predicted octanol–water partition coefficient (Wildman–Crippen LogP) is 3.40. The number of amides is 1. The second-order valence-corrected chi connectivity index (χ2v) is 8.01.